The zero-order chi connectivity index (χ0) is 14.9. The zero-order valence-electron chi connectivity index (χ0n) is 11.6. The van der Waals surface area contributed by atoms with Crippen LogP contribution in [-0.2, 0) is 10.0 Å². The van der Waals surface area contributed by atoms with Gasteiger partial charge in [0.1, 0.15) is 0 Å². The molecular formula is C13H19N3O3S. The summed E-state index contributed by atoms with van der Waals surface area (Å²) in [6.07, 6.45) is 0. The Labute approximate surface area is 119 Å². The van der Waals surface area contributed by atoms with Crippen molar-refractivity contribution in [3.05, 3.63) is 29.3 Å². The van der Waals surface area contributed by atoms with E-state index in [2.05, 4.69) is 5.32 Å². The average Bonchev–Trinajstić information content (AvgIpc) is 2.36. The standard InChI is InChI=1S/C13H19N3O3S/c1-9-7-11(3-4-12(9)20(14,18)19)13(17)16-6-5-15-10(2)8-16/h3-4,7,10,15H,5-6,8H2,1-2H3,(H2,14,18,19)/t10-/m0/s1. The van der Waals surface area contributed by atoms with E-state index < -0.39 is 10.0 Å². The molecule has 0 bridgehead atoms. The molecule has 110 valence electrons. The van der Waals surface area contributed by atoms with Gasteiger partial charge in [-0.2, -0.15) is 0 Å². The van der Waals surface area contributed by atoms with Gasteiger partial charge in [0.15, 0.2) is 0 Å². The van der Waals surface area contributed by atoms with Crippen molar-refractivity contribution in [1.29, 1.82) is 0 Å². The minimum absolute atomic E-state index is 0.0581. The maximum atomic E-state index is 12.4. The number of nitrogens with zero attached hydrogens (tertiary/aromatic N) is 1. The Bertz CT molecular complexity index is 628. The molecule has 7 heteroatoms. The van der Waals surface area contributed by atoms with Gasteiger partial charge >= 0.3 is 0 Å². The topological polar surface area (TPSA) is 92.5 Å². The summed E-state index contributed by atoms with van der Waals surface area (Å²) in [5.74, 6) is -0.0811. The van der Waals surface area contributed by atoms with Crippen molar-refractivity contribution in [1.82, 2.24) is 10.2 Å². The van der Waals surface area contributed by atoms with Crippen LogP contribution in [0.2, 0.25) is 0 Å². The maximum absolute atomic E-state index is 12.4. The second kappa shape index (κ2) is 5.51. The first kappa shape index (κ1) is 15.0. The quantitative estimate of drug-likeness (QED) is 0.808. The molecule has 20 heavy (non-hydrogen) atoms. The zero-order valence-corrected chi connectivity index (χ0v) is 12.4. The molecule has 1 atom stereocenters. The summed E-state index contributed by atoms with van der Waals surface area (Å²) in [5, 5.41) is 8.38. The van der Waals surface area contributed by atoms with Gasteiger partial charge in [-0.15, -0.1) is 0 Å². The first-order valence-electron chi connectivity index (χ1n) is 6.45. The van der Waals surface area contributed by atoms with Crippen LogP contribution in [-0.4, -0.2) is 44.9 Å². The van der Waals surface area contributed by atoms with E-state index in [1.54, 1.807) is 17.9 Å². The van der Waals surface area contributed by atoms with Gasteiger partial charge in [-0.25, -0.2) is 13.6 Å². The maximum Gasteiger partial charge on any atom is 0.253 e. The van der Waals surface area contributed by atoms with Gasteiger partial charge in [-0.3, -0.25) is 4.79 Å². The van der Waals surface area contributed by atoms with Gasteiger partial charge in [0.05, 0.1) is 4.90 Å². The van der Waals surface area contributed by atoms with Crippen molar-refractivity contribution in [2.24, 2.45) is 5.14 Å². The lowest BCUT2D eigenvalue weighted by Gasteiger charge is -2.32. The van der Waals surface area contributed by atoms with E-state index in [9.17, 15) is 13.2 Å². The molecule has 3 N–H and O–H groups in total. The second-order valence-corrected chi connectivity index (χ2v) is 6.66. The SMILES string of the molecule is Cc1cc(C(=O)N2CCN[C@@H](C)C2)ccc1S(N)(=O)=O. The molecule has 1 aliphatic rings. The van der Waals surface area contributed by atoms with E-state index >= 15 is 0 Å². The Kier molecular flexibility index (Phi) is 4.12. The molecule has 1 aromatic rings. The molecule has 1 fully saturated rings. The van der Waals surface area contributed by atoms with Crippen LogP contribution in [0.3, 0.4) is 0 Å². The average molecular weight is 297 g/mol. The fourth-order valence-electron chi connectivity index (χ4n) is 2.40. The fourth-order valence-corrected chi connectivity index (χ4v) is 3.17. The molecule has 1 saturated heterocycles. The molecule has 0 radical (unpaired) electrons. The normalized spacial score (nSPS) is 19.9. The lowest BCUT2D eigenvalue weighted by Crippen LogP contribution is -2.51. The number of amides is 1. The van der Waals surface area contributed by atoms with Crippen molar-refractivity contribution in [3.63, 3.8) is 0 Å². The first-order valence-corrected chi connectivity index (χ1v) is 8.00. The highest BCUT2D eigenvalue weighted by Crippen LogP contribution is 2.17. The number of hydrogen-bond donors (Lipinski definition) is 2. The van der Waals surface area contributed by atoms with E-state index in [4.69, 9.17) is 5.14 Å². The molecule has 1 aromatic carbocycles. The Balaban J connectivity index is 2.25. The van der Waals surface area contributed by atoms with E-state index in [0.29, 0.717) is 24.2 Å². The molecule has 0 unspecified atom stereocenters. The molecule has 6 nitrogen and oxygen atoms in total. The van der Waals surface area contributed by atoms with E-state index in [1.165, 1.54) is 12.1 Å². The summed E-state index contributed by atoms with van der Waals surface area (Å²) in [6.45, 7) is 5.72. The molecule has 0 saturated carbocycles. The van der Waals surface area contributed by atoms with Gasteiger partial charge in [0, 0.05) is 31.2 Å². The fraction of sp³-hybridized carbons (Fsp3) is 0.462. The smallest absolute Gasteiger partial charge is 0.253 e. The lowest BCUT2D eigenvalue weighted by molar-refractivity contribution is 0.0709. The number of primary sulfonamides is 1. The van der Waals surface area contributed by atoms with E-state index in [1.807, 2.05) is 6.92 Å². The summed E-state index contributed by atoms with van der Waals surface area (Å²) in [4.78, 5) is 14.2. The van der Waals surface area contributed by atoms with Gasteiger partial charge in [0.2, 0.25) is 10.0 Å². The van der Waals surface area contributed by atoms with Crippen molar-refractivity contribution < 1.29 is 13.2 Å². The van der Waals surface area contributed by atoms with Crippen molar-refractivity contribution in [2.45, 2.75) is 24.8 Å². The first-order chi connectivity index (χ1) is 9.29. The van der Waals surface area contributed by atoms with Crippen LogP contribution < -0.4 is 10.5 Å². The molecule has 1 amide bonds. The van der Waals surface area contributed by atoms with Crippen LogP contribution in [0, 0.1) is 6.92 Å². The molecule has 0 aliphatic carbocycles. The van der Waals surface area contributed by atoms with Crippen LogP contribution >= 0.6 is 0 Å². The molecule has 0 aromatic heterocycles. The summed E-state index contributed by atoms with van der Waals surface area (Å²) < 4.78 is 22.7. The van der Waals surface area contributed by atoms with Crippen molar-refractivity contribution in [2.75, 3.05) is 19.6 Å². The Morgan fingerprint density at radius 2 is 2.15 bits per heavy atom. The number of benzene rings is 1. The number of sulfonamides is 1. The van der Waals surface area contributed by atoms with Crippen LogP contribution in [0.25, 0.3) is 0 Å². The molecule has 0 spiro atoms. The van der Waals surface area contributed by atoms with Crippen LogP contribution in [0.5, 0.6) is 0 Å². The molecular weight excluding hydrogens is 278 g/mol. The van der Waals surface area contributed by atoms with E-state index in [0.717, 1.165) is 6.54 Å². The molecule has 1 heterocycles. The Morgan fingerprint density at radius 3 is 2.70 bits per heavy atom. The summed E-state index contributed by atoms with van der Waals surface area (Å²) in [7, 11) is -3.74. The van der Waals surface area contributed by atoms with Gasteiger partial charge in [0.25, 0.3) is 5.91 Å². The number of piperazine rings is 1. The predicted octanol–water partition coefficient (Wildman–Crippen LogP) is 0.0763. The van der Waals surface area contributed by atoms with Gasteiger partial charge < -0.3 is 10.2 Å². The number of hydrogen-bond acceptors (Lipinski definition) is 4. The predicted molar refractivity (Wildman–Crippen MR) is 75.9 cm³/mol. The van der Waals surface area contributed by atoms with Crippen LogP contribution in [0.4, 0.5) is 0 Å². The van der Waals surface area contributed by atoms with Gasteiger partial charge in [-0.05, 0) is 37.6 Å². The third-order valence-electron chi connectivity index (χ3n) is 3.38. The Morgan fingerprint density at radius 1 is 1.45 bits per heavy atom. The number of carbonyl (C=O) groups is 1. The van der Waals surface area contributed by atoms with Crippen LogP contribution in [0.15, 0.2) is 23.1 Å². The molecule has 1 aliphatic heterocycles. The number of rotatable bonds is 2. The Hall–Kier alpha value is -1.44. The highest BCUT2D eigenvalue weighted by atomic mass is 32.2. The van der Waals surface area contributed by atoms with Crippen LogP contribution in [0.1, 0.15) is 22.8 Å². The largest absolute Gasteiger partial charge is 0.336 e. The van der Waals surface area contributed by atoms with Gasteiger partial charge in [-0.1, -0.05) is 0 Å². The number of nitrogens with two attached hydrogens (primary N) is 1. The minimum atomic E-state index is -3.74. The van der Waals surface area contributed by atoms with Crippen molar-refractivity contribution >= 4 is 15.9 Å². The number of carbonyl (C=O) groups excluding carboxylic acids is 1. The van der Waals surface area contributed by atoms with Crippen molar-refractivity contribution in [3.8, 4) is 0 Å². The minimum Gasteiger partial charge on any atom is -0.336 e. The second-order valence-electron chi connectivity index (χ2n) is 5.13. The van der Waals surface area contributed by atoms with E-state index in [-0.39, 0.29) is 16.8 Å². The highest BCUT2D eigenvalue weighted by Gasteiger charge is 2.22. The lowest BCUT2D eigenvalue weighted by atomic mass is 10.1. The number of aryl methyl sites for hydroxylation is 1. The third-order valence-corrected chi connectivity index (χ3v) is 4.46. The summed E-state index contributed by atoms with van der Waals surface area (Å²) in [5.41, 5.74) is 0.977. The number of nitrogens with one attached hydrogen (secondary N) is 1. The highest BCUT2D eigenvalue weighted by molar-refractivity contribution is 7.89. The summed E-state index contributed by atoms with van der Waals surface area (Å²) >= 11 is 0. The third kappa shape index (κ3) is 3.17. The summed E-state index contributed by atoms with van der Waals surface area (Å²) in [6, 6.07) is 4.75. The monoisotopic (exact) mass is 297 g/mol. The molecule has 2 rings (SSSR count).